The van der Waals surface area contributed by atoms with Gasteiger partial charge in [-0.25, -0.2) is 18.4 Å². The Bertz CT molecular complexity index is 659. The summed E-state index contributed by atoms with van der Waals surface area (Å²) in [5.41, 5.74) is 0. The normalized spacial score (nSPS) is 12.2. The molecule has 2 heterocycles. The second kappa shape index (κ2) is 5.10. The quantitative estimate of drug-likeness (QED) is 0.816. The molecule has 0 aliphatic rings. The van der Waals surface area contributed by atoms with E-state index in [4.69, 9.17) is 0 Å². The Balaban J connectivity index is 2.19. The summed E-state index contributed by atoms with van der Waals surface area (Å²) >= 11 is 0. The van der Waals surface area contributed by atoms with Gasteiger partial charge in [-0.05, 0) is 6.92 Å². The number of nitrogens with one attached hydrogen (secondary N) is 2. The standard InChI is InChI=1S/C10H16N6O2S/c1-4-8-11-5-10(13-8)19(17,18)16(3)6-9-12-7(2)14-15-9/h5H,4,6H2,1-3H3,(H,11,13)(H,12,14,15). The molecule has 0 aromatic carbocycles. The van der Waals surface area contributed by atoms with Crippen molar-refractivity contribution in [1.29, 1.82) is 0 Å². The number of nitrogens with zero attached hydrogens (tertiary/aromatic N) is 4. The van der Waals surface area contributed by atoms with Gasteiger partial charge in [0.2, 0.25) is 0 Å². The van der Waals surface area contributed by atoms with E-state index in [1.807, 2.05) is 6.92 Å². The Kier molecular flexibility index (Phi) is 3.67. The van der Waals surface area contributed by atoms with Crippen molar-refractivity contribution in [2.24, 2.45) is 0 Å². The third kappa shape index (κ3) is 2.82. The highest BCUT2D eigenvalue weighted by Gasteiger charge is 2.24. The minimum Gasteiger partial charge on any atom is -0.332 e. The molecule has 104 valence electrons. The van der Waals surface area contributed by atoms with Crippen LogP contribution in [0.2, 0.25) is 0 Å². The van der Waals surface area contributed by atoms with Gasteiger partial charge in [0.25, 0.3) is 10.0 Å². The Labute approximate surface area is 111 Å². The molecular weight excluding hydrogens is 268 g/mol. The molecular formula is C10H16N6O2S. The van der Waals surface area contributed by atoms with Gasteiger partial charge in [-0.1, -0.05) is 6.92 Å². The van der Waals surface area contributed by atoms with E-state index in [1.54, 1.807) is 6.92 Å². The SMILES string of the molecule is CCc1ncc(S(=O)(=O)N(C)Cc2n[nH]c(C)n2)[nH]1. The van der Waals surface area contributed by atoms with E-state index in [2.05, 4.69) is 25.1 Å². The largest absolute Gasteiger partial charge is 0.332 e. The molecule has 2 aromatic rings. The molecule has 0 aliphatic heterocycles. The number of aromatic nitrogens is 5. The van der Waals surface area contributed by atoms with Crippen LogP contribution < -0.4 is 0 Å². The molecule has 2 N–H and O–H groups in total. The van der Waals surface area contributed by atoms with Crippen molar-refractivity contribution in [3.05, 3.63) is 23.7 Å². The van der Waals surface area contributed by atoms with Crippen LogP contribution in [0, 0.1) is 6.92 Å². The van der Waals surface area contributed by atoms with Gasteiger partial charge in [-0.15, -0.1) is 0 Å². The molecule has 19 heavy (non-hydrogen) atoms. The molecule has 0 bridgehead atoms. The lowest BCUT2D eigenvalue weighted by molar-refractivity contribution is 0.455. The first kappa shape index (κ1) is 13.7. The maximum absolute atomic E-state index is 12.3. The minimum atomic E-state index is -3.60. The maximum Gasteiger partial charge on any atom is 0.260 e. The van der Waals surface area contributed by atoms with Gasteiger partial charge in [0, 0.05) is 13.5 Å². The molecule has 0 spiro atoms. The number of rotatable bonds is 5. The number of sulfonamides is 1. The smallest absolute Gasteiger partial charge is 0.260 e. The Morgan fingerprint density at radius 3 is 2.68 bits per heavy atom. The van der Waals surface area contributed by atoms with Crippen molar-refractivity contribution in [3.8, 4) is 0 Å². The average Bonchev–Trinajstić information content (AvgIpc) is 2.98. The summed E-state index contributed by atoms with van der Waals surface area (Å²) in [5.74, 6) is 1.72. The highest BCUT2D eigenvalue weighted by Crippen LogP contribution is 2.13. The predicted molar refractivity (Wildman–Crippen MR) is 67.7 cm³/mol. The molecule has 0 saturated heterocycles. The number of aromatic amines is 2. The number of H-pyrrole nitrogens is 2. The first-order chi connectivity index (χ1) is 8.93. The van der Waals surface area contributed by atoms with Crippen molar-refractivity contribution >= 4 is 10.0 Å². The number of hydrogen-bond donors (Lipinski definition) is 2. The highest BCUT2D eigenvalue weighted by molar-refractivity contribution is 7.89. The Hall–Kier alpha value is -1.74. The van der Waals surface area contributed by atoms with Crippen LogP contribution in [-0.4, -0.2) is 44.9 Å². The molecule has 0 radical (unpaired) electrons. The zero-order chi connectivity index (χ0) is 14.0. The van der Waals surface area contributed by atoms with Crippen LogP contribution in [0.1, 0.15) is 24.4 Å². The summed E-state index contributed by atoms with van der Waals surface area (Å²) in [5, 5.41) is 6.67. The molecule has 0 unspecified atom stereocenters. The van der Waals surface area contributed by atoms with E-state index in [0.717, 1.165) is 0 Å². The highest BCUT2D eigenvalue weighted by atomic mass is 32.2. The predicted octanol–water partition coefficient (Wildman–Crippen LogP) is 0.219. The van der Waals surface area contributed by atoms with Gasteiger partial charge in [0.05, 0.1) is 12.7 Å². The second-order valence-electron chi connectivity index (χ2n) is 4.15. The molecule has 0 fully saturated rings. The van der Waals surface area contributed by atoms with Gasteiger partial charge in [0.1, 0.15) is 11.6 Å². The van der Waals surface area contributed by atoms with Crippen LogP contribution in [0.5, 0.6) is 0 Å². The molecule has 8 nitrogen and oxygen atoms in total. The lowest BCUT2D eigenvalue weighted by atomic mass is 10.5. The molecule has 2 aromatic heterocycles. The van der Waals surface area contributed by atoms with Crippen LogP contribution in [0.15, 0.2) is 11.2 Å². The summed E-state index contributed by atoms with van der Waals surface area (Å²) in [4.78, 5) is 10.9. The monoisotopic (exact) mass is 284 g/mol. The zero-order valence-corrected chi connectivity index (χ0v) is 11.8. The summed E-state index contributed by atoms with van der Waals surface area (Å²) < 4.78 is 25.7. The van der Waals surface area contributed by atoms with Crippen molar-refractivity contribution in [2.75, 3.05) is 7.05 Å². The van der Waals surface area contributed by atoms with E-state index in [9.17, 15) is 8.42 Å². The second-order valence-corrected chi connectivity index (χ2v) is 6.16. The number of hydrogen-bond acceptors (Lipinski definition) is 5. The van der Waals surface area contributed by atoms with E-state index in [0.29, 0.717) is 23.9 Å². The fourth-order valence-electron chi connectivity index (χ4n) is 1.57. The first-order valence-corrected chi connectivity index (χ1v) is 7.25. The number of imidazole rings is 1. The van der Waals surface area contributed by atoms with Gasteiger partial charge in [0.15, 0.2) is 10.9 Å². The molecule has 0 saturated carbocycles. The van der Waals surface area contributed by atoms with E-state index < -0.39 is 10.0 Å². The molecule has 0 amide bonds. The average molecular weight is 284 g/mol. The van der Waals surface area contributed by atoms with Gasteiger partial charge < -0.3 is 4.98 Å². The Morgan fingerprint density at radius 1 is 1.42 bits per heavy atom. The lowest BCUT2D eigenvalue weighted by Gasteiger charge is -2.13. The molecule has 9 heteroatoms. The molecule has 2 rings (SSSR count). The van der Waals surface area contributed by atoms with E-state index >= 15 is 0 Å². The third-order valence-corrected chi connectivity index (χ3v) is 4.35. The zero-order valence-electron chi connectivity index (χ0n) is 11.0. The van der Waals surface area contributed by atoms with Crippen LogP contribution in [0.4, 0.5) is 0 Å². The maximum atomic E-state index is 12.3. The third-order valence-electron chi connectivity index (χ3n) is 2.64. The van der Waals surface area contributed by atoms with Crippen molar-refractivity contribution in [2.45, 2.75) is 31.8 Å². The first-order valence-electron chi connectivity index (χ1n) is 5.81. The number of aryl methyl sites for hydroxylation is 2. The van der Waals surface area contributed by atoms with Crippen molar-refractivity contribution in [3.63, 3.8) is 0 Å². The van der Waals surface area contributed by atoms with Gasteiger partial charge in [-0.2, -0.15) is 9.40 Å². The van der Waals surface area contributed by atoms with Crippen molar-refractivity contribution in [1.82, 2.24) is 29.5 Å². The van der Waals surface area contributed by atoms with Crippen LogP contribution in [0.25, 0.3) is 0 Å². The van der Waals surface area contributed by atoms with Gasteiger partial charge >= 0.3 is 0 Å². The summed E-state index contributed by atoms with van der Waals surface area (Å²) in [6, 6.07) is 0. The Morgan fingerprint density at radius 2 is 2.16 bits per heavy atom. The van der Waals surface area contributed by atoms with Crippen LogP contribution in [0.3, 0.4) is 0 Å². The van der Waals surface area contributed by atoms with Crippen LogP contribution in [-0.2, 0) is 23.0 Å². The summed E-state index contributed by atoms with van der Waals surface area (Å²) in [6.07, 6.45) is 1.98. The van der Waals surface area contributed by atoms with Crippen molar-refractivity contribution < 1.29 is 8.42 Å². The minimum absolute atomic E-state index is 0.0825. The molecule has 0 aliphatic carbocycles. The molecule has 0 atom stereocenters. The van der Waals surface area contributed by atoms with E-state index in [-0.39, 0.29) is 11.6 Å². The van der Waals surface area contributed by atoms with Gasteiger partial charge in [-0.3, -0.25) is 5.10 Å². The van der Waals surface area contributed by atoms with Crippen LogP contribution >= 0.6 is 0 Å². The summed E-state index contributed by atoms with van der Waals surface area (Å²) in [6.45, 7) is 3.76. The summed E-state index contributed by atoms with van der Waals surface area (Å²) in [7, 11) is -2.12. The topological polar surface area (TPSA) is 108 Å². The fraction of sp³-hybridized carbons (Fsp3) is 0.500. The lowest BCUT2D eigenvalue weighted by Crippen LogP contribution is -2.27. The fourth-order valence-corrected chi connectivity index (χ4v) is 2.62. The van der Waals surface area contributed by atoms with E-state index in [1.165, 1.54) is 17.5 Å².